The van der Waals surface area contributed by atoms with Gasteiger partial charge in [-0.05, 0) is 60.9 Å². The number of likely N-dealkylation sites (tertiary alicyclic amines) is 1. The molecule has 0 radical (unpaired) electrons. The number of carbonyl (C=O) groups excluding carboxylic acids is 1. The van der Waals surface area contributed by atoms with Gasteiger partial charge in [0.15, 0.2) is 0 Å². The lowest BCUT2D eigenvalue weighted by molar-refractivity contribution is -0.138. The number of rotatable bonds is 5. The highest BCUT2D eigenvalue weighted by Gasteiger charge is 2.43. The minimum absolute atomic E-state index is 0.0799. The molecule has 8 heteroatoms. The molecule has 178 valence electrons. The van der Waals surface area contributed by atoms with E-state index in [0.29, 0.717) is 48.2 Å². The molecule has 0 aliphatic carbocycles. The Balaban J connectivity index is 1.77. The average Bonchev–Trinajstić information content (AvgIpc) is 2.78. The second-order valence-corrected chi connectivity index (χ2v) is 12.0. The van der Waals surface area contributed by atoms with E-state index in [2.05, 4.69) is 29.8 Å². The third-order valence-electron chi connectivity index (χ3n) is 6.46. The molecule has 1 saturated heterocycles. The first-order chi connectivity index (χ1) is 15.7. The van der Waals surface area contributed by atoms with Gasteiger partial charge in [0.25, 0.3) is 0 Å². The SMILES string of the molecule is CCOc1ccc(Br)cc1S(=O)(=O)N1Cc2ccccc2C[C@H]1C(=O)N1C[C@H](C)C[C@H](C)C1. The van der Waals surface area contributed by atoms with Crippen molar-refractivity contribution in [1.29, 1.82) is 0 Å². The Morgan fingerprint density at radius 3 is 2.42 bits per heavy atom. The number of sulfonamides is 1. The van der Waals surface area contributed by atoms with E-state index in [-0.39, 0.29) is 17.3 Å². The first-order valence-corrected chi connectivity index (χ1v) is 13.7. The Hall–Kier alpha value is -1.90. The monoisotopic (exact) mass is 534 g/mol. The molecule has 3 atom stereocenters. The van der Waals surface area contributed by atoms with Gasteiger partial charge in [0.2, 0.25) is 15.9 Å². The summed E-state index contributed by atoms with van der Waals surface area (Å²) in [6, 6.07) is 12.0. The fourth-order valence-electron chi connectivity index (χ4n) is 5.10. The topological polar surface area (TPSA) is 66.9 Å². The zero-order valence-corrected chi connectivity index (χ0v) is 21.7. The van der Waals surface area contributed by atoms with E-state index in [9.17, 15) is 13.2 Å². The Morgan fingerprint density at radius 2 is 1.76 bits per heavy atom. The van der Waals surface area contributed by atoms with Crippen molar-refractivity contribution in [2.45, 2.75) is 51.1 Å². The van der Waals surface area contributed by atoms with E-state index in [1.165, 1.54) is 4.31 Å². The molecule has 2 aromatic carbocycles. The number of amides is 1. The van der Waals surface area contributed by atoms with Gasteiger partial charge >= 0.3 is 0 Å². The van der Waals surface area contributed by atoms with Crippen molar-refractivity contribution in [3.63, 3.8) is 0 Å². The van der Waals surface area contributed by atoms with Crippen LogP contribution in [-0.2, 0) is 27.8 Å². The van der Waals surface area contributed by atoms with Crippen LogP contribution in [0.2, 0.25) is 0 Å². The number of benzene rings is 2. The van der Waals surface area contributed by atoms with Crippen LogP contribution < -0.4 is 4.74 Å². The Labute approximate surface area is 205 Å². The van der Waals surface area contributed by atoms with E-state index in [4.69, 9.17) is 4.74 Å². The predicted molar refractivity (Wildman–Crippen MR) is 131 cm³/mol. The van der Waals surface area contributed by atoms with Crippen molar-refractivity contribution in [1.82, 2.24) is 9.21 Å². The van der Waals surface area contributed by atoms with Crippen LogP contribution in [-0.4, -0.2) is 49.3 Å². The molecule has 6 nitrogen and oxygen atoms in total. The zero-order valence-electron chi connectivity index (χ0n) is 19.3. The second-order valence-electron chi connectivity index (χ2n) is 9.25. The van der Waals surface area contributed by atoms with Gasteiger partial charge < -0.3 is 9.64 Å². The fourth-order valence-corrected chi connectivity index (χ4v) is 7.33. The van der Waals surface area contributed by atoms with Crippen molar-refractivity contribution in [3.05, 3.63) is 58.1 Å². The quantitative estimate of drug-likeness (QED) is 0.567. The third kappa shape index (κ3) is 4.98. The maximum atomic E-state index is 14.0. The number of halogens is 1. The molecule has 2 aliphatic rings. The van der Waals surface area contributed by atoms with Crippen LogP contribution in [0.5, 0.6) is 5.75 Å². The van der Waals surface area contributed by atoms with Gasteiger partial charge in [-0.3, -0.25) is 4.79 Å². The molecule has 2 heterocycles. The van der Waals surface area contributed by atoms with E-state index in [1.807, 2.05) is 36.1 Å². The number of hydrogen-bond donors (Lipinski definition) is 0. The van der Waals surface area contributed by atoms with Crippen LogP contribution in [0.15, 0.2) is 51.8 Å². The first-order valence-electron chi connectivity index (χ1n) is 11.5. The minimum Gasteiger partial charge on any atom is -0.492 e. The summed E-state index contributed by atoms with van der Waals surface area (Å²) < 4.78 is 35.7. The van der Waals surface area contributed by atoms with Crippen LogP contribution in [0.1, 0.15) is 38.3 Å². The van der Waals surface area contributed by atoms with Gasteiger partial charge in [0.1, 0.15) is 16.7 Å². The van der Waals surface area contributed by atoms with Crippen LogP contribution in [0.3, 0.4) is 0 Å². The van der Waals surface area contributed by atoms with Gasteiger partial charge in [-0.15, -0.1) is 0 Å². The summed E-state index contributed by atoms with van der Waals surface area (Å²) in [5, 5.41) is 0. The summed E-state index contributed by atoms with van der Waals surface area (Å²) in [5.41, 5.74) is 1.96. The summed E-state index contributed by atoms with van der Waals surface area (Å²) in [7, 11) is -4.01. The van der Waals surface area contributed by atoms with Gasteiger partial charge in [0.05, 0.1) is 6.61 Å². The lowest BCUT2D eigenvalue weighted by Crippen LogP contribution is -2.56. The van der Waals surface area contributed by atoms with Crippen LogP contribution in [0, 0.1) is 11.8 Å². The molecular formula is C25H31BrN2O4S. The molecule has 1 amide bonds. The van der Waals surface area contributed by atoms with Crippen molar-refractivity contribution in [2.75, 3.05) is 19.7 Å². The lowest BCUT2D eigenvalue weighted by atomic mass is 9.90. The van der Waals surface area contributed by atoms with Gasteiger partial charge in [-0.2, -0.15) is 4.31 Å². The summed E-state index contributed by atoms with van der Waals surface area (Å²) in [6.07, 6.45) is 1.44. The van der Waals surface area contributed by atoms with E-state index >= 15 is 0 Å². The Bertz CT molecular complexity index is 1130. The van der Waals surface area contributed by atoms with Gasteiger partial charge in [-0.25, -0.2) is 8.42 Å². The highest BCUT2D eigenvalue weighted by atomic mass is 79.9. The Kier molecular flexibility index (Phi) is 7.17. The maximum Gasteiger partial charge on any atom is 0.247 e. The smallest absolute Gasteiger partial charge is 0.247 e. The van der Waals surface area contributed by atoms with E-state index in [0.717, 1.165) is 17.5 Å². The van der Waals surface area contributed by atoms with Crippen molar-refractivity contribution >= 4 is 31.9 Å². The van der Waals surface area contributed by atoms with Gasteiger partial charge in [-0.1, -0.05) is 54.0 Å². The molecule has 4 rings (SSSR count). The van der Waals surface area contributed by atoms with Crippen LogP contribution in [0.25, 0.3) is 0 Å². The molecule has 2 aromatic rings. The molecule has 2 aliphatic heterocycles. The van der Waals surface area contributed by atoms with E-state index in [1.54, 1.807) is 18.2 Å². The molecule has 0 N–H and O–H groups in total. The lowest BCUT2D eigenvalue weighted by Gasteiger charge is -2.41. The molecule has 33 heavy (non-hydrogen) atoms. The minimum atomic E-state index is -4.01. The van der Waals surface area contributed by atoms with Crippen LogP contribution in [0.4, 0.5) is 0 Å². The number of hydrogen-bond acceptors (Lipinski definition) is 4. The fraction of sp³-hybridized carbons (Fsp3) is 0.480. The van der Waals surface area contributed by atoms with Gasteiger partial charge in [0, 0.05) is 24.1 Å². The highest BCUT2D eigenvalue weighted by Crippen LogP contribution is 2.36. The number of ether oxygens (including phenoxy) is 1. The Morgan fingerprint density at radius 1 is 1.09 bits per heavy atom. The average molecular weight is 536 g/mol. The van der Waals surface area contributed by atoms with Crippen LogP contribution >= 0.6 is 15.9 Å². The molecule has 0 saturated carbocycles. The summed E-state index contributed by atoms with van der Waals surface area (Å²) >= 11 is 3.40. The zero-order chi connectivity index (χ0) is 23.8. The van der Waals surface area contributed by atoms with E-state index < -0.39 is 16.1 Å². The standard InChI is InChI=1S/C25H31BrN2O4S/c1-4-32-23-10-9-21(26)13-24(23)33(30,31)28-16-20-8-6-5-7-19(20)12-22(28)25(29)27-14-17(2)11-18(3)15-27/h5-10,13,17-18,22H,4,11-12,14-16H2,1-3H3/t17-,18+,22-/m0/s1. The van der Waals surface area contributed by atoms with Crippen molar-refractivity contribution in [3.8, 4) is 5.75 Å². The first kappa shape index (κ1) is 24.2. The summed E-state index contributed by atoms with van der Waals surface area (Å²) in [5.74, 6) is 0.979. The largest absolute Gasteiger partial charge is 0.492 e. The third-order valence-corrected chi connectivity index (χ3v) is 8.83. The normalized spacial score (nSPS) is 23.8. The molecule has 0 spiro atoms. The maximum absolute atomic E-state index is 14.0. The van der Waals surface area contributed by atoms with Crippen molar-refractivity contribution < 1.29 is 17.9 Å². The molecule has 1 fully saturated rings. The molecule has 0 bridgehead atoms. The highest BCUT2D eigenvalue weighted by molar-refractivity contribution is 9.10. The predicted octanol–water partition coefficient (Wildman–Crippen LogP) is 4.47. The molecular weight excluding hydrogens is 504 g/mol. The number of nitrogens with zero attached hydrogens (tertiary/aromatic N) is 2. The molecule has 0 unspecified atom stereocenters. The van der Waals surface area contributed by atoms with Crippen molar-refractivity contribution in [2.24, 2.45) is 11.8 Å². The number of fused-ring (bicyclic) bond motifs is 1. The second kappa shape index (κ2) is 9.76. The molecule has 0 aromatic heterocycles. The number of piperidine rings is 1. The summed E-state index contributed by atoms with van der Waals surface area (Å²) in [4.78, 5) is 15.7. The summed E-state index contributed by atoms with van der Waals surface area (Å²) in [6.45, 7) is 7.95. The number of carbonyl (C=O) groups is 1.